The van der Waals surface area contributed by atoms with Gasteiger partial charge in [-0.2, -0.15) is 0 Å². The molecule has 1 unspecified atom stereocenters. The number of benzene rings is 1. The van der Waals surface area contributed by atoms with E-state index in [1.54, 1.807) is 0 Å². The first-order chi connectivity index (χ1) is 9.72. The van der Waals surface area contributed by atoms with Gasteiger partial charge in [0.2, 0.25) is 0 Å². The van der Waals surface area contributed by atoms with Crippen LogP contribution in [0.4, 0.5) is 5.69 Å². The SMILES string of the molecule is CC(N)Cc1ccc(N(Cc2cccs2)C2CC2)cc1. The molecule has 1 fully saturated rings. The van der Waals surface area contributed by atoms with Crippen molar-refractivity contribution in [3.8, 4) is 0 Å². The van der Waals surface area contributed by atoms with E-state index in [1.165, 1.54) is 29.0 Å². The standard InChI is InChI=1S/C17H22N2S/c1-13(18)11-14-4-6-15(7-5-14)19(16-8-9-16)12-17-3-2-10-20-17/h2-7,10,13,16H,8-9,11-12,18H2,1H3. The molecular formula is C17H22N2S. The summed E-state index contributed by atoms with van der Waals surface area (Å²) in [7, 11) is 0. The number of anilines is 1. The fourth-order valence-electron chi connectivity index (χ4n) is 2.58. The maximum Gasteiger partial charge on any atom is 0.0525 e. The first-order valence-corrected chi connectivity index (χ1v) is 8.24. The topological polar surface area (TPSA) is 29.3 Å². The third-order valence-corrected chi connectivity index (χ3v) is 4.58. The number of rotatable bonds is 6. The third-order valence-electron chi connectivity index (χ3n) is 3.72. The summed E-state index contributed by atoms with van der Waals surface area (Å²) >= 11 is 1.84. The molecule has 3 heteroatoms. The summed E-state index contributed by atoms with van der Waals surface area (Å²) in [6.45, 7) is 3.09. The van der Waals surface area contributed by atoms with Crippen LogP contribution < -0.4 is 10.6 Å². The van der Waals surface area contributed by atoms with Gasteiger partial charge in [-0.3, -0.25) is 0 Å². The minimum absolute atomic E-state index is 0.228. The van der Waals surface area contributed by atoms with Crippen LogP contribution in [0.5, 0.6) is 0 Å². The molecular weight excluding hydrogens is 264 g/mol. The Morgan fingerprint density at radius 3 is 2.55 bits per heavy atom. The highest BCUT2D eigenvalue weighted by molar-refractivity contribution is 7.09. The zero-order chi connectivity index (χ0) is 13.9. The van der Waals surface area contributed by atoms with Crippen LogP contribution in [0.1, 0.15) is 30.2 Å². The predicted molar refractivity (Wildman–Crippen MR) is 87.3 cm³/mol. The maximum atomic E-state index is 5.86. The van der Waals surface area contributed by atoms with Gasteiger partial charge in [-0.05, 0) is 55.3 Å². The molecule has 0 radical (unpaired) electrons. The number of nitrogens with two attached hydrogens (primary N) is 1. The minimum atomic E-state index is 0.228. The summed E-state index contributed by atoms with van der Waals surface area (Å²) in [6, 6.07) is 14.3. The molecule has 1 aromatic heterocycles. The lowest BCUT2D eigenvalue weighted by Crippen LogP contribution is -2.24. The molecule has 0 saturated heterocycles. The van der Waals surface area contributed by atoms with Crippen LogP contribution in [0.15, 0.2) is 41.8 Å². The Bertz CT molecular complexity index is 527. The van der Waals surface area contributed by atoms with Crippen LogP contribution in [0.2, 0.25) is 0 Å². The molecule has 20 heavy (non-hydrogen) atoms. The Kier molecular flexibility index (Phi) is 4.08. The summed E-state index contributed by atoms with van der Waals surface area (Å²) in [6.07, 6.45) is 3.61. The van der Waals surface area contributed by atoms with E-state index in [0.717, 1.165) is 19.0 Å². The van der Waals surface area contributed by atoms with Crippen molar-refractivity contribution in [2.24, 2.45) is 5.73 Å². The van der Waals surface area contributed by atoms with E-state index >= 15 is 0 Å². The molecule has 2 N–H and O–H groups in total. The number of hydrogen-bond acceptors (Lipinski definition) is 3. The van der Waals surface area contributed by atoms with Crippen LogP contribution in [0.3, 0.4) is 0 Å². The molecule has 1 saturated carbocycles. The molecule has 0 spiro atoms. The van der Waals surface area contributed by atoms with Crippen LogP contribution in [0, 0.1) is 0 Å². The lowest BCUT2D eigenvalue weighted by Gasteiger charge is -2.24. The molecule has 1 aromatic carbocycles. The second kappa shape index (κ2) is 5.98. The Hall–Kier alpha value is -1.32. The monoisotopic (exact) mass is 286 g/mol. The van der Waals surface area contributed by atoms with Crippen molar-refractivity contribution in [1.82, 2.24) is 0 Å². The largest absolute Gasteiger partial charge is 0.363 e. The van der Waals surface area contributed by atoms with E-state index in [-0.39, 0.29) is 6.04 Å². The lowest BCUT2D eigenvalue weighted by atomic mass is 10.1. The highest BCUT2D eigenvalue weighted by atomic mass is 32.1. The maximum absolute atomic E-state index is 5.86. The molecule has 0 aliphatic heterocycles. The molecule has 106 valence electrons. The highest BCUT2D eigenvalue weighted by Gasteiger charge is 2.29. The third kappa shape index (κ3) is 3.41. The Balaban J connectivity index is 1.74. The van der Waals surface area contributed by atoms with Gasteiger partial charge < -0.3 is 10.6 Å². The van der Waals surface area contributed by atoms with Gasteiger partial charge >= 0.3 is 0 Å². The van der Waals surface area contributed by atoms with E-state index in [9.17, 15) is 0 Å². The van der Waals surface area contributed by atoms with Crippen molar-refractivity contribution in [3.05, 3.63) is 52.2 Å². The van der Waals surface area contributed by atoms with Crippen molar-refractivity contribution < 1.29 is 0 Å². The van der Waals surface area contributed by atoms with Gasteiger partial charge in [0.25, 0.3) is 0 Å². The highest BCUT2D eigenvalue weighted by Crippen LogP contribution is 2.33. The zero-order valence-corrected chi connectivity index (χ0v) is 12.8. The first kappa shape index (κ1) is 13.7. The normalized spacial score (nSPS) is 16.1. The molecule has 2 aromatic rings. The lowest BCUT2D eigenvalue weighted by molar-refractivity contribution is 0.737. The summed E-state index contributed by atoms with van der Waals surface area (Å²) in [5.41, 5.74) is 8.53. The van der Waals surface area contributed by atoms with Crippen LogP contribution in [0.25, 0.3) is 0 Å². The van der Waals surface area contributed by atoms with Crippen molar-refractivity contribution in [1.29, 1.82) is 0 Å². The summed E-state index contributed by atoms with van der Waals surface area (Å²) < 4.78 is 0. The van der Waals surface area contributed by atoms with Gasteiger partial charge in [-0.15, -0.1) is 11.3 Å². The second-order valence-electron chi connectivity index (χ2n) is 5.79. The molecule has 3 rings (SSSR count). The first-order valence-electron chi connectivity index (χ1n) is 7.36. The summed E-state index contributed by atoms with van der Waals surface area (Å²) in [4.78, 5) is 3.98. The van der Waals surface area contributed by atoms with E-state index in [1.807, 2.05) is 11.3 Å². The average molecular weight is 286 g/mol. The predicted octanol–water partition coefficient (Wildman–Crippen LogP) is 3.81. The Labute approximate surface area is 125 Å². The van der Waals surface area contributed by atoms with E-state index < -0.39 is 0 Å². The molecule has 1 heterocycles. The number of thiophene rings is 1. The molecule has 1 aliphatic rings. The van der Waals surface area contributed by atoms with E-state index in [0.29, 0.717) is 0 Å². The summed E-state index contributed by atoms with van der Waals surface area (Å²) in [5.74, 6) is 0. The van der Waals surface area contributed by atoms with Gasteiger partial charge in [0.15, 0.2) is 0 Å². The van der Waals surface area contributed by atoms with E-state index in [2.05, 4.69) is 53.6 Å². The Morgan fingerprint density at radius 2 is 2.00 bits per heavy atom. The summed E-state index contributed by atoms with van der Waals surface area (Å²) in [5, 5.41) is 2.16. The minimum Gasteiger partial charge on any atom is -0.363 e. The molecule has 1 atom stereocenters. The van der Waals surface area contributed by atoms with Crippen molar-refractivity contribution >= 4 is 17.0 Å². The van der Waals surface area contributed by atoms with E-state index in [4.69, 9.17) is 5.73 Å². The average Bonchev–Trinajstić information content (AvgIpc) is 3.14. The number of nitrogens with zero attached hydrogens (tertiary/aromatic N) is 1. The van der Waals surface area contributed by atoms with Crippen molar-refractivity contribution in [3.63, 3.8) is 0 Å². The van der Waals surface area contributed by atoms with Gasteiger partial charge in [0.1, 0.15) is 0 Å². The smallest absolute Gasteiger partial charge is 0.0525 e. The van der Waals surface area contributed by atoms with Crippen LogP contribution >= 0.6 is 11.3 Å². The van der Waals surface area contributed by atoms with Gasteiger partial charge in [-0.25, -0.2) is 0 Å². The van der Waals surface area contributed by atoms with Gasteiger partial charge in [-0.1, -0.05) is 18.2 Å². The van der Waals surface area contributed by atoms with Gasteiger partial charge in [0.05, 0.1) is 6.54 Å². The molecule has 2 nitrogen and oxygen atoms in total. The molecule has 1 aliphatic carbocycles. The Morgan fingerprint density at radius 1 is 1.25 bits per heavy atom. The van der Waals surface area contributed by atoms with Crippen molar-refractivity contribution in [2.75, 3.05) is 4.90 Å². The number of hydrogen-bond donors (Lipinski definition) is 1. The zero-order valence-electron chi connectivity index (χ0n) is 12.0. The van der Waals surface area contributed by atoms with Crippen molar-refractivity contribution in [2.45, 2.75) is 44.8 Å². The second-order valence-corrected chi connectivity index (χ2v) is 6.82. The van der Waals surface area contributed by atoms with Gasteiger partial charge in [0, 0.05) is 22.6 Å². The van der Waals surface area contributed by atoms with Crippen LogP contribution in [-0.2, 0) is 13.0 Å². The molecule has 0 bridgehead atoms. The fourth-order valence-corrected chi connectivity index (χ4v) is 3.29. The fraction of sp³-hybridized carbons (Fsp3) is 0.412. The quantitative estimate of drug-likeness (QED) is 0.875. The van der Waals surface area contributed by atoms with Crippen LogP contribution in [-0.4, -0.2) is 12.1 Å². The molecule has 0 amide bonds.